The van der Waals surface area contributed by atoms with Crippen molar-refractivity contribution in [1.29, 1.82) is 0 Å². The topological polar surface area (TPSA) is 317 Å². The van der Waals surface area contributed by atoms with E-state index in [-0.39, 0.29) is 33.8 Å². The van der Waals surface area contributed by atoms with Gasteiger partial charge < -0.3 is 28.4 Å². The molecule has 0 amide bonds. The zero-order valence-corrected chi connectivity index (χ0v) is 70.7. The van der Waals surface area contributed by atoms with E-state index in [1.54, 1.807) is 37.2 Å². The number of nitrogens with one attached hydrogen (secondary N) is 3. The van der Waals surface area contributed by atoms with Crippen molar-refractivity contribution >= 4 is 85.7 Å². The fourth-order valence-electron chi connectivity index (χ4n) is 19.8. The first-order valence-electron chi connectivity index (χ1n) is 42.5. The van der Waals surface area contributed by atoms with E-state index in [1.165, 1.54) is 109 Å². The Bertz CT molecular complexity index is 5750. The van der Waals surface area contributed by atoms with Crippen LogP contribution in [0, 0.1) is 46.3 Å². The summed E-state index contributed by atoms with van der Waals surface area (Å²) in [6.45, 7) is 26.7. The Morgan fingerprint density at radius 2 is 0.778 bits per heavy atom. The Balaban J connectivity index is 0.000000126. The summed E-state index contributed by atoms with van der Waals surface area (Å²) >= 11 is 19.2. The second-order valence-electron chi connectivity index (χ2n) is 36.4. The van der Waals surface area contributed by atoms with E-state index in [4.69, 9.17) is 78.3 Å². The Morgan fingerprint density at radius 1 is 0.427 bits per heavy atom. The van der Waals surface area contributed by atoms with Crippen LogP contribution in [0.2, 0.25) is 15.1 Å². The minimum Gasteiger partial charge on any atom is -0.339 e. The highest BCUT2D eigenvalue weighted by Crippen LogP contribution is 2.50. The third-order valence-electron chi connectivity index (χ3n) is 26.8. The predicted octanol–water partition coefficient (Wildman–Crippen LogP) is 18.9. The largest absolute Gasteiger partial charge is 0.439 e. The lowest BCUT2D eigenvalue weighted by Crippen LogP contribution is -2.50. The summed E-state index contributed by atoms with van der Waals surface area (Å²) in [5.74, 6) is 6.09. The molecule has 7 fully saturated rings. The summed E-state index contributed by atoms with van der Waals surface area (Å²) in [7, 11) is 0. The molecule has 4 saturated carbocycles. The molecule has 15 heterocycles. The lowest BCUT2D eigenvalue weighted by molar-refractivity contribution is 0.242. The van der Waals surface area contributed by atoms with Crippen molar-refractivity contribution < 1.29 is 13.6 Å². The van der Waals surface area contributed by atoms with Crippen molar-refractivity contribution in [2.24, 2.45) is 46.3 Å². The van der Waals surface area contributed by atoms with Gasteiger partial charge in [0.2, 0.25) is 35.3 Å². The molecule has 7 aliphatic rings. The second-order valence-corrected chi connectivity index (χ2v) is 37.7. The van der Waals surface area contributed by atoms with Gasteiger partial charge in [0.1, 0.15) is 17.1 Å². The number of anilines is 3. The van der Waals surface area contributed by atoms with E-state index in [1.807, 2.05) is 36.4 Å². The van der Waals surface area contributed by atoms with Crippen LogP contribution in [0.1, 0.15) is 204 Å². The molecule has 3 aliphatic heterocycles. The first-order chi connectivity index (χ1) is 56.4. The zero-order valence-electron chi connectivity index (χ0n) is 68.5. The lowest BCUT2D eigenvalue weighted by Gasteiger charge is -2.46. The number of H-pyrrole nitrogens is 3. The van der Waals surface area contributed by atoms with Gasteiger partial charge in [0.15, 0.2) is 0 Å². The Hall–Kier alpha value is -9.60. The zero-order chi connectivity index (χ0) is 81.2. The van der Waals surface area contributed by atoms with Crippen molar-refractivity contribution in [1.82, 2.24) is 89.0 Å². The van der Waals surface area contributed by atoms with Crippen LogP contribution < -0.4 is 32.0 Å². The third-order valence-corrected chi connectivity index (χ3v) is 27.4. The molecule has 4 aliphatic carbocycles. The highest BCUT2D eigenvalue weighted by molar-refractivity contribution is 6.31. The number of halogens is 3. The first kappa shape index (κ1) is 79.8. The van der Waals surface area contributed by atoms with Gasteiger partial charge in [0, 0.05) is 111 Å². The predicted molar refractivity (Wildman–Crippen MR) is 456 cm³/mol. The van der Waals surface area contributed by atoms with Crippen LogP contribution in [0.25, 0.3) is 101 Å². The van der Waals surface area contributed by atoms with E-state index >= 15 is 0 Å². The van der Waals surface area contributed by atoms with Crippen LogP contribution in [0.3, 0.4) is 0 Å². The molecule has 27 nitrogen and oxygen atoms in total. The average molecular weight is 1650 g/mol. The van der Waals surface area contributed by atoms with Gasteiger partial charge in [0.25, 0.3) is 0 Å². The van der Waals surface area contributed by atoms with Crippen LogP contribution in [-0.4, -0.2) is 126 Å². The van der Waals surface area contributed by atoms with Crippen LogP contribution in [0.5, 0.6) is 0 Å². The van der Waals surface area contributed by atoms with E-state index in [9.17, 15) is 14.4 Å². The van der Waals surface area contributed by atoms with Crippen LogP contribution in [-0.2, 0) is 19.6 Å². The van der Waals surface area contributed by atoms with Crippen molar-refractivity contribution in [3.05, 3.63) is 120 Å². The molecule has 19 rings (SSSR count). The van der Waals surface area contributed by atoms with E-state index in [0.29, 0.717) is 62.0 Å². The van der Waals surface area contributed by atoms with Gasteiger partial charge >= 0.3 is 17.3 Å². The van der Waals surface area contributed by atoms with Gasteiger partial charge in [-0.15, -0.1) is 0 Å². The Labute approximate surface area is 694 Å². The highest BCUT2D eigenvalue weighted by Gasteiger charge is 2.48. The molecule has 0 aromatic carbocycles. The maximum absolute atomic E-state index is 11.8. The molecule has 2 atom stereocenters. The van der Waals surface area contributed by atoms with Gasteiger partial charge in [-0.25, -0.2) is 44.3 Å². The molecule has 117 heavy (non-hydrogen) atoms. The van der Waals surface area contributed by atoms with E-state index in [2.05, 4.69) is 136 Å². The number of hydrogen-bond donors (Lipinski definition) is 3. The first-order valence-corrected chi connectivity index (χ1v) is 43.6. The molecular formula is C87H106Cl3N21O6. The molecule has 616 valence electrons. The number of nitrogens with zero attached hydrogens (tertiary/aromatic N) is 18. The number of aromatic amines is 3. The molecule has 3 N–H and O–H groups in total. The molecule has 12 aromatic heterocycles. The standard InChI is InChI=1S/C30H38ClN7O2.C29H36ClN7O2.C28H32ClN7O2/c1-5-30(3,4)24-7-6-12-37(24)28-34-22-14-23(27-35-29(39)40-36-27)33-25(20-13-21(31)16-32-15-20)26(22)38(28)17-19-10-8-18(2)9-11-19;1-17-7-9-18(10-8-17)16-37-25-21(33-27(37)36-11-5-6-23(36)29(2,3)4)13-22(26-34-28(38)39-35-26)32-24(25)19-12-20(30)15-31-14-19;1-17-4-6-18(7-5-17)16-35-24-21(32-26(35)36-11-3-10-28(36)8-2-9-28)13-22(25-33-27(37)38-34-25)31-23(24)19-12-20(29)15-30-14-19/h13-16,18-19,24H,5-12,17H2,1-4H3,(H,35,36,39);12-15,17-18,23H,5-11,16H2,1-4H3,(H,34,35,38);12-15,17-18H,2-11,16H2,1H3,(H,33,34,37). The molecule has 0 bridgehead atoms. The normalized spacial score (nSPS) is 22.3. The molecule has 12 aromatic rings. The molecular weight excluding hydrogens is 1540 g/mol. The summed E-state index contributed by atoms with van der Waals surface area (Å²) in [5, 5.41) is 13.3. The molecule has 2 unspecified atom stereocenters. The number of imidazole rings is 3. The number of pyridine rings is 6. The number of rotatable bonds is 17. The molecule has 3 saturated heterocycles. The summed E-state index contributed by atoms with van der Waals surface area (Å²) in [5.41, 5.74) is 11.9. The van der Waals surface area contributed by atoms with Crippen molar-refractivity contribution in [2.75, 3.05) is 34.3 Å². The molecule has 1 spiro atoms. The minimum atomic E-state index is -0.624. The van der Waals surface area contributed by atoms with Crippen molar-refractivity contribution in [2.45, 2.75) is 241 Å². The number of fused-ring (bicyclic) bond motifs is 3. The molecule has 0 radical (unpaired) electrons. The third kappa shape index (κ3) is 16.5. The minimum absolute atomic E-state index is 0.114. The average Bonchev–Trinajstić information content (AvgIpc) is 1.58. The van der Waals surface area contributed by atoms with Gasteiger partial charge in [-0.3, -0.25) is 43.5 Å². The SMILES string of the molecule is CC1CCC(Cn2c(N3CCCC34CCC4)nc3cc(-c4noc(=O)[nH]4)nc(-c4cncc(Cl)c4)c32)CC1.CC1CCC(Cn2c(N3CCCC3C(C)(C)C)nc3cc(-c4noc(=O)[nH]4)nc(-c4cncc(Cl)c4)c32)CC1.CCC(C)(C)C1CCCN1c1nc2cc(-c3noc(=O)[nH]3)nc(-c3cncc(Cl)c3)c2n1CC1CCC(C)CC1. The van der Waals surface area contributed by atoms with Crippen molar-refractivity contribution in [3.63, 3.8) is 0 Å². The maximum Gasteiger partial charge on any atom is 0.439 e. The lowest BCUT2D eigenvalue weighted by atomic mass is 9.75. The Morgan fingerprint density at radius 3 is 1.11 bits per heavy atom. The highest BCUT2D eigenvalue weighted by atomic mass is 35.5. The van der Waals surface area contributed by atoms with Gasteiger partial charge in [0.05, 0.1) is 65.2 Å². The van der Waals surface area contributed by atoms with Gasteiger partial charge in [-0.05, 0) is 185 Å². The summed E-state index contributed by atoms with van der Waals surface area (Å²) in [6, 6.07) is 12.1. The van der Waals surface area contributed by atoms with Gasteiger partial charge in [-0.1, -0.05) is 151 Å². The van der Waals surface area contributed by atoms with Crippen LogP contribution >= 0.6 is 34.8 Å². The van der Waals surface area contributed by atoms with E-state index in [0.717, 1.165) is 174 Å². The fraction of sp³-hybridized carbons (Fsp3) is 0.552. The van der Waals surface area contributed by atoms with Crippen LogP contribution in [0.15, 0.2) is 102 Å². The Kier molecular flexibility index (Phi) is 22.5. The summed E-state index contributed by atoms with van der Waals surface area (Å²) in [4.78, 5) is 94.8. The van der Waals surface area contributed by atoms with Crippen molar-refractivity contribution in [3.8, 4) is 68.3 Å². The van der Waals surface area contributed by atoms with E-state index < -0.39 is 17.3 Å². The fourth-order valence-corrected chi connectivity index (χ4v) is 20.4. The van der Waals surface area contributed by atoms with Crippen LogP contribution in [0.4, 0.5) is 17.8 Å². The monoisotopic (exact) mass is 1650 g/mol. The maximum atomic E-state index is 11.8. The van der Waals surface area contributed by atoms with Gasteiger partial charge in [-0.2, -0.15) is 0 Å². The summed E-state index contributed by atoms with van der Waals surface area (Å²) in [6.07, 6.45) is 36.9. The number of aromatic nitrogens is 18. The quantitative estimate of drug-likeness (QED) is 0.0762. The summed E-state index contributed by atoms with van der Waals surface area (Å²) < 4.78 is 21.7. The second kappa shape index (κ2) is 33.0. The smallest absolute Gasteiger partial charge is 0.339 e. The number of hydrogen-bond acceptors (Lipinski definition) is 21. The molecule has 30 heteroatoms.